The van der Waals surface area contributed by atoms with Crippen LogP contribution in [0, 0.1) is 118 Å². The Balaban J connectivity index is -0.000000141. The molecule has 5 aliphatic heterocycles. The summed E-state index contributed by atoms with van der Waals surface area (Å²) in [4.78, 5) is 48.7. The first kappa shape index (κ1) is 106. The molecule has 530 valence electrons. The second-order valence-corrected chi connectivity index (χ2v) is 19.5. The molecular weight excluding hydrogens is 1420 g/mol. The van der Waals surface area contributed by atoms with E-state index in [-0.39, 0.29) is 103 Å². The molecule has 4 saturated heterocycles. The number of nitrogens with one attached hydrogen (secondary N) is 2. The number of aryl methyl sites for hydroxylation is 6. The van der Waals surface area contributed by atoms with Crippen LogP contribution in [0.5, 0.6) is 0 Å². The van der Waals surface area contributed by atoms with Crippen molar-refractivity contribution in [2.75, 3.05) is 59.5 Å². The number of aliphatic imine (C=N–C) groups is 1. The molecule has 12 rings (SSSR count). The van der Waals surface area contributed by atoms with Gasteiger partial charge in [0.15, 0.2) is 0 Å². The van der Waals surface area contributed by atoms with E-state index in [1.807, 2.05) is 175 Å². The van der Waals surface area contributed by atoms with Gasteiger partial charge in [-0.15, -0.1) is 6.54 Å². The Bertz CT molecular complexity index is 2240. The molecular formula is C76H133N13O3Pr2-4. The molecule has 0 spiro atoms. The third-order valence-electron chi connectivity index (χ3n) is 12.8. The Kier molecular flexibility index (Phi) is 95.7. The molecule has 2 N–H and O–H groups in total. The summed E-state index contributed by atoms with van der Waals surface area (Å²) >= 11 is 0. The standard InChI is InChI=1S/C7H15N.C7H9N.3C6H7N.C6H13N.C6H12O.C6H8O.C5H8N2.C4H8N2.C4H7NO.C3H3N2.4C2H6.2CH3.2Pr/c1-3-7-5-4-6-8(7)2;1-2-7-3-5-8-6-4-7;1-6-2-4-7-5-3-6;1-6-3-2-4-7-5-6;1-6-4-2-3-5-7-6;1-2-7-5-3-4-6-7;2*1-2-6-4-3-5-7-6;1-2-5-3-6-4-7-5;1-4-5-2-3-6-4;6-4-2-1-3-5-4;1-2-5-3-4-1;4*1-2;;;;/h7H,3-6H2,1-2H3;3-6H,2H2,1H3;3*2-5H,1H3;2-6H2,1H3;6H,2-5H2,1H3;3-5H,2H2,1H3;3-4H,2H2,1H3,(H,6,7);2-3H2,1H3,(H,5,6);1-3H2,(H,5,6);1-3H;4*1-2H3;2*1H3;;/q;;;;;;;;;;;-1;;;;;2*-1;;/p-1. The maximum atomic E-state index is 10.1. The molecule has 0 aliphatic carbocycles. The van der Waals surface area contributed by atoms with E-state index in [0.717, 1.165) is 75.3 Å². The van der Waals surface area contributed by atoms with Crippen LogP contribution in [-0.4, -0.2) is 128 Å². The van der Waals surface area contributed by atoms with Gasteiger partial charge in [0.25, 0.3) is 0 Å². The second kappa shape index (κ2) is 84.9. The minimum absolute atomic E-state index is 0. The third kappa shape index (κ3) is 70.6. The average molecular weight is 1560 g/mol. The number of hydrogen-bond donors (Lipinski definition) is 2. The smallest absolute Gasteiger partial charge is 0.103 e. The van der Waals surface area contributed by atoms with Crippen LogP contribution in [0.15, 0.2) is 157 Å². The number of amidine groups is 1. The first-order valence-electron chi connectivity index (χ1n) is 33.8. The topological polar surface area (TPSA) is 192 Å². The molecule has 18 heteroatoms. The summed E-state index contributed by atoms with van der Waals surface area (Å²) in [5, 5.41) is 6.67. The molecule has 2 radical (unpaired) electrons. The molecule has 2 atom stereocenters. The molecule has 0 saturated carbocycles. The maximum absolute atomic E-state index is 10.1. The molecule has 7 aromatic heterocycles. The number of pyridine rings is 4. The SMILES string of the molecule is CC.CC.CC.CC.CC1=NCCN1.CCC1CCCN1C.CCC1CCCO1.CCN1CCCC1.CCc1ccco1.CCc1ccncc1.CCc1cnc[nH]1.Cc1ccccn1.Cc1cccnc1.Cc1ccncc1.O=C1CCC[N-]1.[CH3-].[CH3-].[Pr].[Pr].c1c[n-]cn1. The summed E-state index contributed by atoms with van der Waals surface area (Å²) < 4.78 is 10.3. The summed E-state index contributed by atoms with van der Waals surface area (Å²) in [6.07, 6.45) is 38.8. The van der Waals surface area contributed by atoms with Crippen LogP contribution >= 0.6 is 0 Å². The van der Waals surface area contributed by atoms with Gasteiger partial charge in [0, 0.05) is 169 Å². The number of furan rings is 1. The fraction of sp³-hybridized carbons (Fsp3) is 0.553. The Labute approximate surface area is 643 Å². The average Bonchev–Trinajstić information content (AvgIpc) is 2.88. The zero-order chi connectivity index (χ0) is 67.9. The zero-order valence-electron chi connectivity index (χ0n) is 63.2. The van der Waals surface area contributed by atoms with E-state index in [1.54, 1.807) is 49.8 Å². The van der Waals surface area contributed by atoms with Crippen molar-refractivity contribution >= 4 is 11.7 Å². The fourth-order valence-corrected chi connectivity index (χ4v) is 7.72. The largest absolute Gasteiger partial charge is 0.653 e. The van der Waals surface area contributed by atoms with Gasteiger partial charge >= 0.3 is 0 Å². The van der Waals surface area contributed by atoms with Crippen LogP contribution in [0.2, 0.25) is 0 Å². The minimum atomic E-state index is 0. The molecule has 1 amide bonds. The number of aromatic nitrogens is 8. The van der Waals surface area contributed by atoms with Crippen molar-refractivity contribution in [3.05, 3.63) is 202 Å². The fourth-order valence-electron chi connectivity index (χ4n) is 7.72. The molecule has 0 bridgehead atoms. The van der Waals surface area contributed by atoms with E-state index < -0.39 is 0 Å². The number of hydrogen-bond acceptors (Lipinski definition) is 13. The Hall–Kier alpha value is -4.15. The number of nitrogens with zero attached hydrogens (tertiary/aromatic N) is 11. The predicted octanol–water partition coefficient (Wildman–Crippen LogP) is 18.5. The summed E-state index contributed by atoms with van der Waals surface area (Å²) in [5.74, 6) is 2.21. The normalized spacial score (nSPS) is 14.2. The van der Waals surface area contributed by atoms with Crippen LogP contribution in [0.25, 0.3) is 5.32 Å². The van der Waals surface area contributed by atoms with Crippen molar-refractivity contribution in [2.24, 2.45) is 4.99 Å². The van der Waals surface area contributed by atoms with Gasteiger partial charge < -0.3 is 64.2 Å². The molecule has 16 nitrogen and oxygen atoms in total. The van der Waals surface area contributed by atoms with Crippen LogP contribution in [0.4, 0.5) is 0 Å². The van der Waals surface area contributed by atoms with Gasteiger partial charge in [-0.05, 0) is 203 Å². The van der Waals surface area contributed by atoms with Gasteiger partial charge in [0.1, 0.15) is 5.76 Å². The third-order valence-corrected chi connectivity index (χ3v) is 12.8. The first-order chi connectivity index (χ1) is 44.0. The van der Waals surface area contributed by atoms with Crippen molar-refractivity contribution in [1.82, 2.24) is 55.0 Å². The Morgan fingerprint density at radius 1 is 0.617 bits per heavy atom. The van der Waals surface area contributed by atoms with E-state index in [2.05, 4.69) is 114 Å². The van der Waals surface area contributed by atoms with Crippen molar-refractivity contribution in [2.45, 2.75) is 220 Å². The molecule has 0 aromatic carbocycles. The molecule has 94 heavy (non-hydrogen) atoms. The number of amides is 1. The van der Waals surface area contributed by atoms with Gasteiger partial charge in [-0.1, -0.05) is 134 Å². The van der Waals surface area contributed by atoms with E-state index in [9.17, 15) is 4.79 Å². The van der Waals surface area contributed by atoms with Crippen molar-refractivity contribution in [3.63, 3.8) is 0 Å². The number of ether oxygens (including phenoxy) is 1. The number of carbonyl (C=O) groups excluding carboxylic acids is 1. The van der Waals surface area contributed by atoms with Crippen LogP contribution in [0.3, 0.4) is 0 Å². The van der Waals surface area contributed by atoms with Gasteiger partial charge in [0.05, 0.1) is 37.0 Å². The van der Waals surface area contributed by atoms with E-state index in [0.29, 0.717) is 12.5 Å². The van der Waals surface area contributed by atoms with Crippen molar-refractivity contribution in [3.8, 4) is 0 Å². The number of carbonyl (C=O) groups is 1. The number of H-pyrrole nitrogens is 1. The van der Waals surface area contributed by atoms with Crippen molar-refractivity contribution in [1.29, 1.82) is 0 Å². The quantitative estimate of drug-likeness (QED) is 0.150. The van der Waals surface area contributed by atoms with Crippen LogP contribution in [-0.2, 0) is 28.8 Å². The maximum Gasteiger partial charge on any atom is 0.103 e. The second-order valence-electron chi connectivity index (χ2n) is 19.5. The number of rotatable bonds is 6. The van der Waals surface area contributed by atoms with Crippen molar-refractivity contribution < 1.29 is 96.5 Å². The monoisotopic (exact) mass is 1560 g/mol. The van der Waals surface area contributed by atoms with Gasteiger partial charge in [0.2, 0.25) is 0 Å². The molecule has 12 heterocycles. The molecule has 2 unspecified atom stereocenters. The van der Waals surface area contributed by atoms with Gasteiger partial charge in [-0.25, -0.2) is 4.98 Å². The Morgan fingerprint density at radius 2 is 1.28 bits per heavy atom. The number of aromatic amines is 1. The van der Waals surface area contributed by atoms with E-state index in [1.165, 1.54) is 106 Å². The predicted molar refractivity (Wildman–Crippen MR) is 397 cm³/mol. The van der Waals surface area contributed by atoms with Gasteiger partial charge in [-0.3, -0.25) is 24.9 Å². The Morgan fingerprint density at radius 3 is 1.50 bits per heavy atom. The first-order valence-corrected chi connectivity index (χ1v) is 33.8. The molecule has 4 fully saturated rings. The summed E-state index contributed by atoms with van der Waals surface area (Å²) in [6.45, 7) is 46.0. The molecule has 7 aromatic rings. The molecule has 5 aliphatic rings. The summed E-state index contributed by atoms with van der Waals surface area (Å²) in [7, 11) is 2.22. The number of likely N-dealkylation sites (tertiary alicyclic amines) is 2. The summed E-state index contributed by atoms with van der Waals surface area (Å²) in [5.41, 5.74) is 6.08. The van der Waals surface area contributed by atoms with E-state index >= 15 is 0 Å². The number of imidazole rings is 2. The van der Waals surface area contributed by atoms with E-state index in [4.69, 9.17) is 9.15 Å². The van der Waals surface area contributed by atoms with Gasteiger partial charge in [-0.2, -0.15) is 0 Å². The van der Waals surface area contributed by atoms with Crippen LogP contribution < -0.4 is 10.3 Å². The zero-order valence-corrected chi connectivity index (χ0v) is 70.6. The van der Waals surface area contributed by atoms with Crippen LogP contribution in [0.1, 0.15) is 202 Å². The summed E-state index contributed by atoms with van der Waals surface area (Å²) in [6, 6.07) is 22.6. The minimum Gasteiger partial charge on any atom is -0.653 e.